The van der Waals surface area contributed by atoms with Gasteiger partial charge in [-0.15, -0.1) is 0 Å². The van der Waals surface area contributed by atoms with Crippen molar-refractivity contribution in [2.24, 2.45) is 0 Å². The zero-order valence-corrected chi connectivity index (χ0v) is 13.9. The van der Waals surface area contributed by atoms with Crippen LogP contribution in [0.2, 0.25) is 0 Å². The second-order valence-corrected chi connectivity index (χ2v) is 5.60. The van der Waals surface area contributed by atoms with Gasteiger partial charge in [-0.2, -0.15) is 0 Å². The van der Waals surface area contributed by atoms with Crippen LogP contribution in [0.4, 0.5) is 0 Å². The third kappa shape index (κ3) is 4.03. The number of ether oxygens (including phenoxy) is 1. The van der Waals surface area contributed by atoms with E-state index in [-0.39, 0.29) is 12.5 Å². The summed E-state index contributed by atoms with van der Waals surface area (Å²) in [5.74, 6) is -0.771. The standard InChI is InChI=1S/C19H19N3O3/c1-2-25-19(24)17(10-13-6-4-3-5-7-13)22-18(23)14-8-9-15-16(11-14)21-12-20-15/h3-9,11-12,17H,2,10H2,1H3,(H,20,21)(H,22,23). The fourth-order valence-electron chi connectivity index (χ4n) is 2.60. The number of fused-ring (bicyclic) bond motifs is 1. The van der Waals surface area contributed by atoms with E-state index in [1.807, 2.05) is 30.3 Å². The summed E-state index contributed by atoms with van der Waals surface area (Å²) in [5.41, 5.74) is 2.95. The molecule has 2 aromatic carbocycles. The minimum atomic E-state index is -0.743. The molecule has 0 aliphatic heterocycles. The SMILES string of the molecule is CCOC(=O)C(Cc1ccccc1)NC(=O)c1ccc2nc[nH]c2c1. The number of esters is 1. The van der Waals surface area contributed by atoms with Crippen molar-refractivity contribution in [1.29, 1.82) is 0 Å². The zero-order valence-electron chi connectivity index (χ0n) is 13.9. The average Bonchev–Trinajstić information content (AvgIpc) is 3.10. The molecule has 3 aromatic rings. The quantitative estimate of drug-likeness (QED) is 0.677. The second-order valence-electron chi connectivity index (χ2n) is 5.60. The Morgan fingerprint density at radius 3 is 2.76 bits per heavy atom. The number of hydrogen-bond acceptors (Lipinski definition) is 4. The normalized spacial score (nSPS) is 11.9. The van der Waals surface area contributed by atoms with E-state index in [0.29, 0.717) is 12.0 Å². The number of carbonyl (C=O) groups excluding carboxylic acids is 2. The Bertz CT molecular complexity index is 874. The van der Waals surface area contributed by atoms with Crippen LogP contribution < -0.4 is 5.32 Å². The molecule has 3 rings (SSSR count). The molecule has 1 unspecified atom stereocenters. The van der Waals surface area contributed by atoms with Crippen LogP contribution in [-0.4, -0.2) is 34.5 Å². The van der Waals surface area contributed by atoms with Gasteiger partial charge < -0.3 is 15.0 Å². The minimum absolute atomic E-state index is 0.264. The third-order valence-electron chi connectivity index (χ3n) is 3.84. The second kappa shape index (κ2) is 7.61. The lowest BCUT2D eigenvalue weighted by Gasteiger charge is -2.17. The lowest BCUT2D eigenvalue weighted by molar-refractivity contribution is -0.145. The van der Waals surface area contributed by atoms with Crippen molar-refractivity contribution in [1.82, 2.24) is 15.3 Å². The molecule has 1 amide bonds. The van der Waals surface area contributed by atoms with Crippen LogP contribution in [0, 0.1) is 0 Å². The molecule has 0 fully saturated rings. The maximum atomic E-state index is 12.6. The summed E-state index contributed by atoms with van der Waals surface area (Å²) in [7, 11) is 0. The minimum Gasteiger partial charge on any atom is -0.464 e. The number of amides is 1. The van der Waals surface area contributed by atoms with Crippen LogP contribution in [0.1, 0.15) is 22.8 Å². The van der Waals surface area contributed by atoms with Crippen molar-refractivity contribution in [3.05, 3.63) is 66.0 Å². The monoisotopic (exact) mass is 337 g/mol. The Kier molecular flexibility index (Phi) is 5.09. The molecule has 0 radical (unpaired) electrons. The van der Waals surface area contributed by atoms with E-state index in [4.69, 9.17) is 4.74 Å². The van der Waals surface area contributed by atoms with Crippen LogP contribution in [0.25, 0.3) is 11.0 Å². The molecule has 1 aromatic heterocycles. The fourth-order valence-corrected chi connectivity index (χ4v) is 2.60. The number of H-pyrrole nitrogens is 1. The van der Waals surface area contributed by atoms with Gasteiger partial charge >= 0.3 is 5.97 Å². The number of rotatable bonds is 6. The van der Waals surface area contributed by atoms with Gasteiger partial charge in [-0.05, 0) is 30.7 Å². The smallest absolute Gasteiger partial charge is 0.328 e. The molecular formula is C19H19N3O3. The fraction of sp³-hybridized carbons (Fsp3) is 0.211. The van der Waals surface area contributed by atoms with Crippen LogP contribution in [0.15, 0.2) is 54.9 Å². The van der Waals surface area contributed by atoms with Gasteiger partial charge in [-0.1, -0.05) is 30.3 Å². The lowest BCUT2D eigenvalue weighted by Crippen LogP contribution is -2.43. The summed E-state index contributed by atoms with van der Waals surface area (Å²) in [6.45, 7) is 2.01. The van der Waals surface area contributed by atoms with Gasteiger partial charge in [0.05, 0.1) is 24.0 Å². The largest absolute Gasteiger partial charge is 0.464 e. The Morgan fingerprint density at radius 1 is 1.20 bits per heavy atom. The molecule has 1 heterocycles. The highest BCUT2D eigenvalue weighted by molar-refractivity contribution is 5.99. The predicted octanol–water partition coefficient (Wildman–Crippen LogP) is 2.47. The van der Waals surface area contributed by atoms with Gasteiger partial charge in [-0.25, -0.2) is 9.78 Å². The summed E-state index contributed by atoms with van der Waals surface area (Å²) in [4.78, 5) is 31.9. The maximum absolute atomic E-state index is 12.6. The van der Waals surface area contributed by atoms with Gasteiger partial charge in [-0.3, -0.25) is 4.79 Å². The van der Waals surface area contributed by atoms with Crippen LogP contribution in [0.5, 0.6) is 0 Å². The average molecular weight is 337 g/mol. The topological polar surface area (TPSA) is 84.1 Å². The van der Waals surface area contributed by atoms with Gasteiger partial charge in [0.1, 0.15) is 6.04 Å². The summed E-state index contributed by atoms with van der Waals surface area (Å²) < 4.78 is 5.10. The summed E-state index contributed by atoms with van der Waals surface area (Å²) in [5, 5.41) is 2.78. The summed E-state index contributed by atoms with van der Waals surface area (Å²) >= 11 is 0. The number of carbonyl (C=O) groups is 2. The first kappa shape index (κ1) is 16.7. The number of hydrogen-bond donors (Lipinski definition) is 2. The summed E-state index contributed by atoms with van der Waals surface area (Å²) in [6.07, 6.45) is 1.95. The molecule has 1 atom stereocenters. The Morgan fingerprint density at radius 2 is 2.00 bits per heavy atom. The molecule has 6 nitrogen and oxygen atoms in total. The van der Waals surface area contributed by atoms with Crippen LogP contribution in [-0.2, 0) is 16.0 Å². The van der Waals surface area contributed by atoms with Gasteiger partial charge in [0, 0.05) is 12.0 Å². The Hall–Kier alpha value is -3.15. The molecule has 128 valence electrons. The molecule has 0 saturated carbocycles. The molecule has 0 saturated heterocycles. The van der Waals surface area contributed by atoms with E-state index >= 15 is 0 Å². The van der Waals surface area contributed by atoms with E-state index < -0.39 is 12.0 Å². The lowest BCUT2D eigenvalue weighted by atomic mass is 10.1. The van der Waals surface area contributed by atoms with Crippen molar-refractivity contribution in [3.63, 3.8) is 0 Å². The van der Waals surface area contributed by atoms with Gasteiger partial charge in [0.25, 0.3) is 5.91 Å². The first-order chi connectivity index (χ1) is 12.2. The number of imidazole rings is 1. The Balaban J connectivity index is 1.78. The maximum Gasteiger partial charge on any atom is 0.328 e. The number of aromatic nitrogens is 2. The van der Waals surface area contributed by atoms with E-state index in [9.17, 15) is 9.59 Å². The van der Waals surface area contributed by atoms with E-state index in [1.54, 1.807) is 31.5 Å². The van der Waals surface area contributed by atoms with E-state index in [1.165, 1.54) is 0 Å². The highest BCUT2D eigenvalue weighted by Crippen LogP contribution is 2.12. The molecule has 0 bridgehead atoms. The number of nitrogens with zero attached hydrogens (tertiary/aromatic N) is 1. The van der Waals surface area contributed by atoms with E-state index in [2.05, 4.69) is 15.3 Å². The van der Waals surface area contributed by atoms with Crippen molar-refractivity contribution < 1.29 is 14.3 Å². The number of benzene rings is 2. The highest BCUT2D eigenvalue weighted by atomic mass is 16.5. The first-order valence-electron chi connectivity index (χ1n) is 8.12. The predicted molar refractivity (Wildman–Crippen MR) is 94.1 cm³/mol. The molecule has 0 aliphatic carbocycles. The van der Waals surface area contributed by atoms with Gasteiger partial charge in [0.2, 0.25) is 0 Å². The van der Waals surface area contributed by atoms with Crippen molar-refractivity contribution in [2.45, 2.75) is 19.4 Å². The molecule has 6 heteroatoms. The zero-order chi connectivity index (χ0) is 17.6. The van der Waals surface area contributed by atoms with Gasteiger partial charge in [0.15, 0.2) is 0 Å². The van der Waals surface area contributed by atoms with Crippen LogP contribution >= 0.6 is 0 Å². The highest BCUT2D eigenvalue weighted by Gasteiger charge is 2.23. The van der Waals surface area contributed by atoms with Crippen LogP contribution in [0.3, 0.4) is 0 Å². The van der Waals surface area contributed by atoms with E-state index in [0.717, 1.165) is 16.6 Å². The van der Waals surface area contributed by atoms with Crippen molar-refractivity contribution in [2.75, 3.05) is 6.61 Å². The van der Waals surface area contributed by atoms with Crippen molar-refractivity contribution in [3.8, 4) is 0 Å². The molecule has 2 N–H and O–H groups in total. The molecule has 25 heavy (non-hydrogen) atoms. The first-order valence-corrected chi connectivity index (χ1v) is 8.12. The summed E-state index contributed by atoms with van der Waals surface area (Å²) in [6, 6.07) is 13.9. The third-order valence-corrected chi connectivity index (χ3v) is 3.84. The Labute approximate surface area is 145 Å². The van der Waals surface area contributed by atoms with Crippen molar-refractivity contribution >= 4 is 22.9 Å². The molecular weight excluding hydrogens is 318 g/mol. The number of nitrogens with one attached hydrogen (secondary N) is 2. The number of aromatic amines is 1. The molecule has 0 spiro atoms. The molecule has 0 aliphatic rings.